The van der Waals surface area contributed by atoms with Gasteiger partial charge in [-0.2, -0.15) is 0 Å². The summed E-state index contributed by atoms with van der Waals surface area (Å²) in [5, 5.41) is 2.93. The van der Waals surface area contributed by atoms with Crippen LogP contribution in [0, 0.1) is 5.92 Å². The second-order valence-corrected chi connectivity index (χ2v) is 6.18. The molecule has 1 heterocycles. The molecule has 0 radical (unpaired) electrons. The molecule has 1 saturated heterocycles. The standard InChI is InChI=1S/C15H26N2O2/c1-4-15(5-2)14(19)17(10-13(18)16-15)12-8-6-11(3)7-9-12/h11-12H,4-10H2,1-3H3,(H,16,18). The van der Waals surface area contributed by atoms with Crippen molar-refractivity contribution in [3.63, 3.8) is 0 Å². The van der Waals surface area contributed by atoms with Crippen molar-refractivity contribution in [2.24, 2.45) is 5.92 Å². The van der Waals surface area contributed by atoms with Crippen LogP contribution in [0.5, 0.6) is 0 Å². The summed E-state index contributed by atoms with van der Waals surface area (Å²) in [7, 11) is 0. The number of nitrogens with zero attached hydrogens (tertiary/aromatic N) is 1. The van der Waals surface area contributed by atoms with Crippen molar-refractivity contribution in [3.05, 3.63) is 0 Å². The minimum atomic E-state index is -0.654. The maximum Gasteiger partial charge on any atom is 0.249 e. The van der Waals surface area contributed by atoms with Crippen LogP contribution in [-0.4, -0.2) is 34.8 Å². The highest BCUT2D eigenvalue weighted by atomic mass is 16.2. The first-order valence-corrected chi connectivity index (χ1v) is 7.64. The molecule has 2 fully saturated rings. The molecular weight excluding hydrogens is 240 g/mol. The third kappa shape index (κ3) is 2.63. The van der Waals surface area contributed by atoms with Gasteiger partial charge in [0.15, 0.2) is 0 Å². The largest absolute Gasteiger partial charge is 0.340 e. The Balaban J connectivity index is 2.15. The normalized spacial score (nSPS) is 31.2. The van der Waals surface area contributed by atoms with Crippen LogP contribution >= 0.6 is 0 Å². The van der Waals surface area contributed by atoms with Gasteiger partial charge in [-0.1, -0.05) is 20.8 Å². The highest BCUT2D eigenvalue weighted by Gasteiger charge is 2.46. The van der Waals surface area contributed by atoms with Crippen molar-refractivity contribution in [1.29, 1.82) is 0 Å². The molecule has 0 bridgehead atoms. The van der Waals surface area contributed by atoms with E-state index in [-0.39, 0.29) is 24.4 Å². The summed E-state index contributed by atoms with van der Waals surface area (Å²) in [5.41, 5.74) is -0.654. The van der Waals surface area contributed by atoms with Crippen molar-refractivity contribution in [3.8, 4) is 0 Å². The van der Waals surface area contributed by atoms with E-state index in [0.29, 0.717) is 12.8 Å². The minimum absolute atomic E-state index is 0.00178. The zero-order chi connectivity index (χ0) is 14.0. The molecule has 1 saturated carbocycles. The van der Waals surface area contributed by atoms with Crippen LogP contribution in [0.25, 0.3) is 0 Å². The summed E-state index contributed by atoms with van der Waals surface area (Å²) in [6.45, 7) is 6.48. The van der Waals surface area contributed by atoms with E-state index < -0.39 is 5.54 Å². The monoisotopic (exact) mass is 266 g/mol. The number of hydrogen-bond acceptors (Lipinski definition) is 2. The Morgan fingerprint density at radius 1 is 1.16 bits per heavy atom. The van der Waals surface area contributed by atoms with E-state index >= 15 is 0 Å². The Bertz CT molecular complexity index is 355. The molecule has 19 heavy (non-hydrogen) atoms. The quantitative estimate of drug-likeness (QED) is 0.850. The van der Waals surface area contributed by atoms with Crippen LogP contribution in [0.4, 0.5) is 0 Å². The average molecular weight is 266 g/mol. The van der Waals surface area contributed by atoms with Gasteiger partial charge >= 0.3 is 0 Å². The van der Waals surface area contributed by atoms with Crippen molar-refractivity contribution < 1.29 is 9.59 Å². The topological polar surface area (TPSA) is 49.4 Å². The first-order chi connectivity index (χ1) is 9.02. The molecule has 2 amide bonds. The van der Waals surface area contributed by atoms with Crippen molar-refractivity contribution in [2.45, 2.75) is 70.9 Å². The van der Waals surface area contributed by atoms with Gasteiger partial charge in [-0.05, 0) is 44.4 Å². The van der Waals surface area contributed by atoms with Gasteiger partial charge in [-0.15, -0.1) is 0 Å². The van der Waals surface area contributed by atoms with Gasteiger partial charge in [0.05, 0.1) is 6.54 Å². The zero-order valence-electron chi connectivity index (χ0n) is 12.4. The van der Waals surface area contributed by atoms with Gasteiger partial charge in [-0.3, -0.25) is 9.59 Å². The predicted octanol–water partition coefficient (Wildman–Crippen LogP) is 2.08. The first-order valence-electron chi connectivity index (χ1n) is 7.64. The third-order valence-electron chi connectivity index (χ3n) is 5.00. The molecular formula is C15H26N2O2. The van der Waals surface area contributed by atoms with E-state index in [1.54, 1.807) is 0 Å². The fourth-order valence-corrected chi connectivity index (χ4v) is 3.44. The van der Waals surface area contributed by atoms with Crippen molar-refractivity contribution in [2.75, 3.05) is 6.54 Å². The summed E-state index contributed by atoms with van der Waals surface area (Å²) < 4.78 is 0. The molecule has 4 nitrogen and oxygen atoms in total. The maximum absolute atomic E-state index is 12.7. The molecule has 1 aliphatic heterocycles. The fraction of sp³-hybridized carbons (Fsp3) is 0.867. The maximum atomic E-state index is 12.7. The molecule has 0 unspecified atom stereocenters. The molecule has 0 aromatic carbocycles. The van der Waals surface area contributed by atoms with Gasteiger partial charge in [0, 0.05) is 6.04 Å². The van der Waals surface area contributed by atoms with Crippen LogP contribution in [-0.2, 0) is 9.59 Å². The first kappa shape index (κ1) is 14.4. The molecule has 2 rings (SSSR count). The molecule has 2 aliphatic rings. The lowest BCUT2D eigenvalue weighted by molar-refractivity contribution is -0.153. The molecule has 0 spiro atoms. The Labute approximate surface area is 115 Å². The number of nitrogens with one attached hydrogen (secondary N) is 1. The average Bonchev–Trinajstić information content (AvgIpc) is 2.42. The lowest BCUT2D eigenvalue weighted by Crippen LogP contribution is -2.68. The van der Waals surface area contributed by atoms with Gasteiger partial charge in [0.2, 0.25) is 11.8 Å². The Hall–Kier alpha value is -1.06. The molecule has 0 aromatic rings. The second-order valence-electron chi connectivity index (χ2n) is 6.18. The molecule has 1 aliphatic carbocycles. The van der Waals surface area contributed by atoms with Gasteiger partial charge < -0.3 is 10.2 Å². The van der Waals surface area contributed by atoms with E-state index in [2.05, 4.69) is 12.2 Å². The number of carbonyl (C=O) groups is 2. The third-order valence-corrected chi connectivity index (χ3v) is 5.00. The number of rotatable bonds is 3. The second kappa shape index (κ2) is 5.51. The van der Waals surface area contributed by atoms with Crippen molar-refractivity contribution >= 4 is 11.8 Å². The highest BCUT2D eigenvalue weighted by Crippen LogP contribution is 2.31. The van der Waals surface area contributed by atoms with E-state index in [9.17, 15) is 9.59 Å². The van der Waals surface area contributed by atoms with Crippen LogP contribution < -0.4 is 5.32 Å². The zero-order valence-corrected chi connectivity index (χ0v) is 12.4. The predicted molar refractivity (Wildman–Crippen MR) is 74.6 cm³/mol. The summed E-state index contributed by atoms with van der Waals surface area (Å²) in [4.78, 5) is 26.6. The van der Waals surface area contributed by atoms with E-state index in [0.717, 1.165) is 18.8 Å². The Morgan fingerprint density at radius 3 is 2.26 bits per heavy atom. The Morgan fingerprint density at radius 2 is 1.74 bits per heavy atom. The Kier molecular flexibility index (Phi) is 4.16. The molecule has 4 heteroatoms. The summed E-state index contributed by atoms with van der Waals surface area (Å²) in [6.07, 6.45) is 5.78. The number of amides is 2. The number of carbonyl (C=O) groups excluding carboxylic acids is 2. The SMILES string of the molecule is CCC1(CC)NC(=O)CN(C2CCC(C)CC2)C1=O. The lowest BCUT2D eigenvalue weighted by Gasteiger charge is -2.45. The van der Waals surface area contributed by atoms with E-state index in [1.165, 1.54) is 12.8 Å². The number of hydrogen-bond donors (Lipinski definition) is 1. The molecule has 0 atom stereocenters. The molecule has 0 aromatic heterocycles. The van der Waals surface area contributed by atoms with Crippen molar-refractivity contribution in [1.82, 2.24) is 10.2 Å². The molecule has 1 N–H and O–H groups in total. The van der Waals surface area contributed by atoms with E-state index in [1.807, 2.05) is 18.7 Å². The van der Waals surface area contributed by atoms with Crippen LogP contribution in [0.15, 0.2) is 0 Å². The smallest absolute Gasteiger partial charge is 0.249 e. The van der Waals surface area contributed by atoms with Gasteiger partial charge in [0.25, 0.3) is 0 Å². The summed E-state index contributed by atoms with van der Waals surface area (Å²) in [5.74, 6) is 0.894. The van der Waals surface area contributed by atoms with Crippen LogP contribution in [0.1, 0.15) is 59.3 Å². The minimum Gasteiger partial charge on any atom is -0.340 e. The van der Waals surface area contributed by atoms with Crippen LogP contribution in [0.3, 0.4) is 0 Å². The van der Waals surface area contributed by atoms with E-state index in [4.69, 9.17) is 0 Å². The summed E-state index contributed by atoms with van der Waals surface area (Å²) >= 11 is 0. The highest BCUT2D eigenvalue weighted by molar-refractivity contribution is 5.98. The van der Waals surface area contributed by atoms with Gasteiger partial charge in [0.1, 0.15) is 5.54 Å². The van der Waals surface area contributed by atoms with Crippen LogP contribution in [0.2, 0.25) is 0 Å². The van der Waals surface area contributed by atoms with Gasteiger partial charge in [-0.25, -0.2) is 0 Å². The summed E-state index contributed by atoms with van der Waals surface area (Å²) in [6, 6.07) is 0.271. The number of piperazine rings is 1. The fourth-order valence-electron chi connectivity index (χ4n) is 3.44. The lowest BCUT2D eigenvalue weighted by atomic mass is 9.83. The molecule has 108 valence electrons.